The smallest absolute Gasteiger partial charge is 0.137 e. The van der Waals surface area contributed by atoms with Crippen LogP contribution in [0.2, 0.25) is 5.02 Å². The molecule has 3 unspecified atom stereocenters. The third kappa shape index (κ3) is 2.72. The fourth-order valence-corrected chi connectivity index (χ4v) is 3.26. The first kappa shape index (κ1) is 13.6. The van der Waals surface area contributed by atoms with Gasteiger partial charge in [0, 0.05) is 10.9 Å². The summed E-state index contributed by atoms with van der Waals surface area (Å²) >= 11 is 5.97. The van der Waals surface area contributed by atoms with E-state index in [2.05, 4.69) is 22.2 Å². The van der Waals surface area contributed by atoms with Gasteiger partial charge in [-0.2, -0.15) is 5.10 Å². The van der Waals surface area contributed by atoms with Crippen molar-refractivity contribution in [2.24, 2.45) is 0 Å². The highest BCUT2D eigenvalue weighted by Gasteiger charge is 2.33. The quantitative estimate of drug-likeness (QED) is 0.865. The Hall–Kier alpha value is -1.39. The maximum absolute atomic E-state index is 10.5. The van der Waals surface area contributed by atoms with Crippen LogP contribution in [0.25, 0.3) is 0 Å². The topological polar surface area (TPSA) is 50.9 Å². The molecular formula is C15H18ClN3O. The van der Waals surface area contributed by atoms with Gasteiger partial charge in [0.1, 0.15) is 12.7 Å². The van der Waals surface area contributed by atoms with Crippen LogP contribution in [0.5, 0.6) is 0 Å². The van der Waals surface area contributed by atoms with Crippen molar-refractivity contribution in [1.29, 1.82) is 0 Å². The molecule has 1 aliphatic carbocycles. The lowest BCUT2D eigenvalue weighted by Gasteiger charge is -2.29. The average Bonchev–Trinajstić information content (AvgIpc) is 2.90. The van der Waals surface area contributed by atoms with Crippen LogP contribution in [0, 0.1) is 0 Å². The number of rotatable bonds is 2. The third-order valence-electron chi connectivity index (χ3n) is 4.11. The molecular weight excluding hydrogens is 274 g/mol. The first-order chi connectivity index (χ1) is 9.75. The molecule has 106 valence electrons. The normalized spacial score (nSPS) is 27.2. The number of hydrogen-bond donors (Lipinski definition) is 1. The molecule has 0 saturated heterocycles. The molecule has 1 heterocycles. The highest BCUT2D eigenvalue weighted by Crippen LogP contribution is 2.39. The minimum absolute atomic E-state index is 0.0545. The molecule has 3 rings (SSSR count). The highest BCUT2D eigenvalue weighted by atomic mass is 35.5. The molecule has 1 aliphatic rings. The van der Waals surface area contributed by atoms with E-state index in [1.165, 1.54) is 11.9 Å². The van der Waals surface area contributed by atoms with Gasteiger partial charge in [-0.15, -0.1) is 0 Å². The van der Waals surface area contributed by atoms with E-state index in [1.54, 1.807) is 11.0 Å². The van der Waals surface area contributed by atoms with E-state index in [0.29, 0.717) is 0 Å². The van der Waals surface area contributed by atoms with Crippen LogP contribution in [0.3, 0.4) is 0 Å². The van der Waals surface area contributed by atoms with Crippen molar-refractivity contribution >= 4 is 11.6 Å². The van der Waals surface area contributed by atoms with E-state index in [-0.39, 0.29) is 18.1 Å². The number of nitrogens with zero attached hydrogens (tertiary/aromatic N) is 3. The van der Waals surface area contributed by atoms with Gasteiger partial charge in [-0.3, -0.25) is 0 Å². The van der Waals surface area contributed by atoms with Crippen molar-refractivity contribution in [3.63, 3.8) is 0 Å². The Bertz CT molecular complexity index is 541. The Morgan fingerprint density at radius 3 is 2.60 bits per heavy atom. The molecule has 0 bridgehead atoms. The molecule has 1 aromatic heterocycles. The molecule has 3 atom stereocenters. The molecule has 5 heteroatoms. The van der Waals surface area contributed by atoms with E-state index in [1.807, 2.05) is 12.1 Å². The van der Waals surface area contributed by atoms with E-state index in [0.717, 1.165) is 30.7 Å². The fourth-order valence-electron chi connectivity index (χ4n) is 3.13. The summed E-state index contributed by atoms with van der Waals surface area (Å²) in [7, 11) is 0. The number of halogens is 1. The first-order valence-electron chi connectivity index (χ1n) is 7.03. The summed E-state index contributed by atoms with van der Waals surface area (Å²) in [6, 6.07) is 7.87. The van der Waals surface area contributed by atoms with Crippen LogP contribution in [-0.2, 0) is 0 Å². The Balaban J connectivity index is 1.97. The maximum atomic E-state index is 10.5. The van der Waals surface area contributed by atoms with Gasteiger partial charge in [0.05, 0.1) is 12.1 Å². The number of benzene rings is 1. The standard InChI is InChI=1S/C15H18ClN3O/c16-12-7-5-11(6-8-12)13-3-1-2-4-14(20)15(13)19-10-17-9-18-19/h5-10,13-15,20H,1-4H2. The van der Waals surface area contributed by atoms with Gasteiger partial charge in [-0.05, 0) is 30.5 Å². The van der Waals surface area contributed by atoms with Gasteiger partial charge in [-0.1, -0.05) is 36.6 Å². The molecule has 4 nitrogen and oxygen atoms in total. The van der Waals surface area contributed by atoms with Crippen molar-refractivity contribution in [2.75, 3.05) is 0 Å². The average molecular weight is 292 g/mol. The summed E-state index contributed by atoms with van der Waals surface area (Å²) in [5.41, 5.74) is 1.20. The van der Waals surface area contributed by atoms with Crippen LogP contribution in [0.1, 0.15) is 43.2 Å². The summed E-state index contributed by atoms with van der Waals surface area (Å²) in [5.74, 6) is 0.242. The van der Waals surface area contributed by atoms with E-state index < -0.39 is 0 Å². The number of aromatic nitrogens is 3. The molecule has 1 saturated carbocycles. The summed E-state index contributed by atoms with van der Waals surface area (Å²) in [6.07, 6.45) is 6.86. The van der Waals surface area contributed by atoms with Crippen LogP contribution in [0.15, 0.2) is 36.9 Å². The molecule has 0 radical (unpaired) electrons. The van der Waals surface area contributed by atoms with Crippen molar-refractivity contribution in [3.05, 3.63) is 47.5 Å². The summed E-state index contributed by atoms with van der Waals surface area (Å²) in [6.45, 7) is 0. The predicted octanol–water partition coefficient (Wildman–Crippen LogP) is 3.19. The second kappa shape index (κ2) is 5.94. The summed E-state index contributed by atoms with van der Waals surface area (Å²) < 4.78 is 1.80. The maximum Gasteiger partial charge on any atom is 0.137 e. The molecule has 0 amide bonds. The van der Waals surface area contributed by atoms with E-state index in [9.17, 15) is 5.11 Å². The zero-order chi connectivity index (χ0) is 13.9. The molecule has 0 spiro atoms. The Labute approximate surface area is 123 Å². The van der Waals surface area contributed by atoms with Crippen LogP contribution < -0.4 is 0 Å². The number of aliphatic hydroxyl groups is 1. The lowest BCUT2D eigenvalue weighted by Crippen LogP contribution is -2.29. The third-order valence-corrected chi connectivity index (χ3v) is 4.36. The highest BCUT2D eigenvalue weighted by molar-refractivity contribution is 6.30. The first-order valence-corrected chi connectivity index (χ1v) is 7.41. The number of hydrogen-bond acceptors (Lipinski definition) is 3. The Morgan fingerprint density at radius 2 is 1.90 bits per heavy atom. The van der Waals surface area contributed by atoms with Gasteiger partial charge in [-0.25, -0.2) is 9.67 Å². The minimum Gasteiger partial charge on any atom is -0.391 e. The molecule has 1 N–H and O–H groups in total. The SMILES string of the molecule is OC1CCCCC(c2ccc(Cl)cc2)C1n1cncn1. The minimum atomic E-state index is -0.389. The van der Waals surface area contributed by atoms with E-state index >= 15 is 0 Å². The summed E-state index contributed by atoms with van der Waals surface area (Å²) in [4.78, 5) is 4.02. The Kier molecular flexibility index (Phi) is 4.03. The molecule has 1 fully saturated rings. The largest absolute Gasteiger partial charge is 0.391 e. The van der Waals surface area contributed by atoms with Gasteiger partial charge in [0.2, 0.25) is 0 Å². The van der Waals surface area contributed by atoms with Gasteiger partial charge >= 0.3 is 0 Å². The molecule has 1 aromatic carbocycles. The van der Waals surface area contributed by atoms with Crippen LogP contribution in [-0.4, -0.2) is 26.0 Å². The molecule has 20 heavy (non-hydrogen) atoms. The number of aliphatic hydroxyl groups excluding tert-OH is 1. The Morgan fingerprint density at radius 1 is 1.15 bits per heavy atom. The molecule has 2 aromatic rings. The second-order valence-electron chi connectivity index (χ2n) is 5.38. The second-order valence-corrected chi connectivity index (χ2v) is 5.81. The lowest BCUT2D eigenvalue weighted by molar-refractivity contribution is 0.0891. The van der Waals surface area contributed by atoms with Crippen molar-refractivity contribution in [1.82, 2.24) is 14.8 Å². The van der Waals surface area contributed by atoms with Gasteiger partial charge in [0.15, 0.2) is 0 Å². The van der Waals surface area contributed by atoms with Crippen molar-refractivity contribution < 1.29 is 5.11 Å². The zero-order valence-electron chi connectivity index (χ0n) is 11.2. The molecule has 0 aliphatic heterocycles. The van der Waals surface area contributed by atoms with Crippen molar-refractivity contribution in [3.8, 4) is 0 Å². The zero-order valence-corrected chi connectivity index (χ0v) is 11.9. The monoisotopic (exact) mass is 291 g/mol. The predicted molar refractivity (Wildman–Crippen MR) is 77.7 cm³/mol. The van der Waals surface area contributed by atoms with Crippen LogP contribution >= 0.6 is 11.6 Å². The van der Waals surface area contributed by atoms with Crippen LogP contribution in [0.4, 0.5) is 0 Å². The van der Waals surface area contributed by atoms with Crippen molar-refractivity contribution in [2.45, 2.75) is 43.7 Å². The van der Waals surface area contributed by atoms with E-state index in [4.69, 9.17) is 11.6 Å². The summed E-state index contributed by atoms with van der Waals surface area (Å²) in [5, 5.41) is 15.5. The van der Waals surface area contributed by atoms with Gasteiger partial charge in [0.25, 0.3) is 0 Å². The lowest BCUT2D eigenvalue weighted by atomic mass is 9.86. The fraction of sp³-hybridized carbons (Fsp3) is 0.467. The van der Waals surface area contributed by atoms with Gasteiger partial charge < -0.3 is 5.11 Å².